The lowest BCUT2D eigenvalue weighted by Gasteiger charge is -2.31. The number of ether oxygens (including phenoxy) is 1. The number of nitrogens with zero attached hydrogens (tertiary/aromatic N) is 2. The monoisotopic (exact) mass is 317 g/mol. The summed E-state index contributed by atoms with van der Waals surface area (Å²) in [5.74, 6) is 0. The Morgan fingerprint density at radius 1 is 1.52 bits per heavy atom. The summed E-state index contributed by atoms with van der Waals surface area (Å²) in [4.78, 5) is 9.83. The molecule has 0 radical (unpaired) electrons. The van der Waals surface area contributed by atoms with Crippen molar-refractivity contribution >= 4 is 21.4 Å². The fraction of sp³-hybridized carbons (Fsp3) is 0.455. The van der Waals surface area contributed by atoms with Gasteiger partial charge in [-0.2, -0.15) is 4.31 Å². The predicted octanol–water partition coefficient (Wildman–Crippen LogP) is -0.441. The van der Waals surface area contributed by atoms with Crippen molar-refractivity contribution in [3.63, 3.8) is 0 Å². The molecule has 1 fully saturated rings. The van der Waals surface area contributed by atoms with E-state index in [9.17, 15) is 18.5 Å². The summed E-state index contributed by atoms with van der Waals surface area (Å²) in [6.45, 7) is -0.191. The third-order valence-corrected chi connectivity index (χ3v) is 5.02. The SMILES string of the molecule is Nc1ccc(S(=O)(=O)N2CCOC(CO)C2)c([N+](=O)[O-])c1. The van der Waals surface area contributed by atoms with Gasteiger partial charge in [-0.25, -0.2) is 8.42 Å². The van der Waals surface area contributed by atoms with E-state index in [2.05, 4.69) is 0 Å². The van der Waals surface area contributed by atoms with E-state index in [4.69, 9.17) is 15.6 Å². The zero-order chi connectivity index (χ0) is 15.6. The third kappa shape index (κ3) is 3.13. The van der Waals surface area contributed by atoms with E-state index in [1.54, 1.807) is 0 Å². The minimum Gasteiger partial charge on any atom is -0.399 e. The van der Waals surface area contributed by atoms with Gasteiger partial charge in [-0.15, -0.1) is 0 Å². The van der Waals surface area contributed by atoms with Crippen molar-refractivity contribution in [1.29, 1.82) is 0 Å². The molecule has 1 aliphatic rings. The van der Waals surface area contributed by atoms with Crippen molar-refractivity contribution in [2.45, 2.75) is 11.0 Å². The van der Waals surface area contributed by atoms with Gasteiger partial charge in [0.15, 0.2) is 4.90 Å². The van der Waals surface area contributed by atoms with E-state index in [-0.39, 0.29) is 32.0 Å². The van der Waals surface area contributed by atoms with Gasteiger partial charge in [-0.3, -0.25) is 10.1 Å². The molecule has 3 N–H and O–H groups in total. The van der Waals surface area contributed by atoms with Gasteiger partial charge in [0, 0.05) is 24.8 Å². The molecular formula is C11H15N3O6S. The lowest BCUT2D eigenvalue weighted by atomic mass is 10.3. The highest BCUT2D eigenvalue weighted by atomic mass is 32.2. The first kappa shape index (κ1) is 15.6. The Morgan fingerprint density at radius 2 is 2.24 bits per heavy atom. The van der Waals surface area contributed by atoms with Gasteiger partial charge in [-0.1, -0.05) is 0 Å². The second kappa shape index (κ2) is 5.93. The molecule has 116 valence electrons. The molecule has 0 aromatic heterocycles. The lowest BCUT2D eigenvalue weighted by molar-refractivity contribution is -0.387. The predicted molar refractivity (Wildman–Crippen MR) is 73.1 cm³/mol. The molecule has 0 aliphatic carbocycles. The van der Waals surface area contributed by atoms with Crippen LogP contribution in [0.5, 0.6) is 0 Å². The number of morpholine rings is 1. The van der Waals surface area contributed by atoms with Crippen LogP contribution in [-0.4, -0.2) is 55.2 Å². The van der Waals surface area contributed by atoms with Gasteiger partial charge in [0.05, 0.1) is 24.2 Å². The van der Waals surface area contributed by atoms with Crippen molar-refractivity contribution in [3.8, 4) is 0 Å². The minimum absolute atomic E-state index is 0.0552. The molecule has 21 heavy (non-hydrogen) atoms. The van der Waals surface area contributed by atoms with E-state index in [0.29, 0.717) is 0 Å². The van der Waals surface area contributed by atoms with Crippen LogP contribution in [0.2, 0.25) is 0 Å². The maximum Gasteiger partial charge on any atom is 0.291 e. The van der Waals surface area contributed by atoms with E-state index >= 15 is 0 Å². The van der Waals surface area contributed by atoms with Crippen LogP contribution in [0, 0.1) is 10.1 Å². The van der Waals surface area contributed by atoms with Gasteiger partial charge < -0.3 is 15.6 Å². The van der Waals surface area contributed by atoms with E-state index in [1.165, 1.54) is 6.07 Å². The molecule has 10 heteroatoms. The Balaban J connectivity index is 2.42. The average molecular weight is 317 g/mol. The third-order valence-electron chi connectivity index (χ3n) is 3.10. The topological polar surface area (TPSA) is 136 Å². The Hall–Kier alpha value is -1.75. The molecule has 1 saturated heterocycles. The smallest absolute Gasteiger partial charge is 0.291 e. The molecule has 2 rings (SSSR count). The van der Waals surface area contributed by atoms with E-state index < -0.39 is 31.6 Å². The molecular weight excluding hydrogens is 302 g/mol. The largest absolute Gasteiger partial charge is 0.399 e. The van der Waals surface area contributed by atoms with Gasteiger partial charge in [0.1, 0.15) is 0 Å². The fourth-order valence-corrected chi connectivity index (χ4v) is 3.65. The Kier molecular flexibility index (Phi) is 4.42. The number of sulfonamides is 1. The van der Waals surface area contributed by atoms with Crippen LogP contribution in [0.25, 0.3) is 0 Å². The number of nitrogens with two attached hydrogens (primary N) is 1. The number of hydrogen-bond acceptors (Lipinski definition) is 7. The number of rotatable bonds is 4. The van der Waals surface area contributed by atoms with Crippen LogP contribution >= 0.6 is 0 Å². The van der Waals surface area contributed by atoms with Crippen LogP contribution in [0.4, 0.5) is 11.4 Å². The van der Waals surface area contributed by atoms with Crippen LogP contribution in [-0.2, 0) is 14.8 Å². The van der Waals surface area contributed by atoms with Crippen LogP contribution < -0.4 is 5.73 Å². The first-order valence-electron chi connectivity index (χ1n) is 6.13. The molecule has 1 aliphatic heterocycles. The zero-order valence-corrected chi connectivity index (χ0v) is 11.8. The summed E-state index contributed by atoms with van der Waals surface area (Å²) in [7, 11) is -4.05. The van der Waals surface area contributed by atoms with Gasteiger partial charge in [-0.05, 0) is 12.1 Å². The molecule has 0 amide bonds. The number of nitrogen functional groups attached to an aromatic ring is 1. The normalized spacial score (nSPS) is 20.3. The zero-order valence-electron chi connectivity index (χ0n) is 11.0. The van der Waals surface area contributed by atoms with Gasteiger partial charge in [0.25, 0.3) is 5.69 Å². The van der Waals surface area contributed by atoms with Crippen LogP contribution in [0.3, 0.4) is 0 Å². The molecule has 0 bridgehead atoms. The average Bonchev–Trinajstić information content (AvgIpc) is 2.46. The standard InChI is InChI=1S/C11H15N3O6S/c12-8-1-2-11(10(5-8)14(16)17)21(18,19)13-3-4-20-9(6-13)7-15/h1-2,5,9,15H,3-4,6-7,12H2. The van der Waals surface area contributed by atoms with E-state index in [0.717, 1.165) is 16.4 Å². The highest BCUT2D eigenvalue weighted by molar-refractivity contribution is 7.89. The van der Waals surface area contributed by atoms with Crippen LogP contribution in [0.1, 0.15) is 0 Å². The van der Waals surface area contributed by atoms with Crippen LogP contribution in [0.15, 0.2) is 23.1 Å². The highest BCUT2D eigenvalue weighted by Crippen LogP contribution is 2.29. The molecule has 1 atom stereocenters. The Labute approximate surface area is 121 Å². The quantitative estimate of drug-likeness (QED) is 0.436. The number of nitro groups is 1. The first-order valence-corrected chi connectivity index (χ1v) is 7.57. The maximum absolute atomic E-state index is 12.5. The molecule has 1 unspecified atom stereocenters. The van der Waals surface area contributed by atoms with Crippen molar-refractivity contribution < 1.29 is 23.2 Å². The first-order chi connectivity index (χ1) is 9.86. The number of aliphatic hydroxyl groups excluding tert-OH is 1. The number of hydrogen-bond donors (Lipinski definition) is 2. The maximum atomic E-state index is 12.5. The van der Waals surface area contributed by atoms with E-state index in [1.807, 2.05) is 0 Å². The summed E-state index contributed by atoms with van der Waals surface area (Å²) in [6, 6.07) is 3.42. The number of benzene rings is 1. The molecule has 1 aromatic rings. The molecule has 0 saturated carbocycles. The summed E-state index contributed by atoms with van der Waals surface area (Å²) < 4.78 is 31.3. The van der Waals surface area contributed by atoms with Crippen molar-refractivity contribution in [2.75, 3.05) is 32.0 Å². The van der Waals surface area contributed by atoms with Crippen molar-refractivity contribution in [3.05, 3.63) is 28.3 Å². The lowest BCUT2D eigenvalue weighted by Crippen LogP contribution is -2.46. The summed E-state index contributed by atoms with van der Waals surface area (Å²) >= 11 is 0. The Morgan fingerprint density at radius 3 is 2.86 bits per heavy atom. The molecule has 1 heterocycles. The fourth-order valence-electron chi connectivity index (χ4n) is 2.06. The van der Waals surface area contributed by atoms with Gasteiger partial charge >= 0.3 is 0 Å². The number of aliphatic hydroxyl groups is 1. The minimum atomic E-state index is -4.05. The Bertz CT molecular complexity index is 647. The molecule has 0 spiro atoms. The number of anilines is 1. The summed E-state index contributed by atoms with van der Waals surface area (Å²) in [6.07, 6.45) is -0.638. The second-order valence-corrected chi connectivity index (χ2v) is 6.43. The molecule has 9 nitrogen and oxygen atoms in total. The molecule has 1 aromatic carbocycles. The van der Waals surface area contributed by atoms with Gasteiger partial charge in [0.2, 0.25) is 10.0 Å². The number of nitro benzene ring substituents is 1. The van der Waals surface area contributed by atoms with Crippen molar-refractivity contribution in [1.82, 2.24) is 4.31 Å². The van der Waals surface area contributed by atoms with Crippen molar-refractivity contribution in [2.24, 2.45) is 0 Å². The summed E-state index contributed by atoms with van der Waals surface area (Å²) in [5.41, 5.74) is 5.00. The second-order valence-electron chi connectivity index (χ2n) is 4.52. The highest BCUT2D eigenvalue weighted by Gasteiger charge is 2.35. The summed E-state index contributed by atoms with van der Waals surface area (Å²) in [5, 5.41) is 20.1.